The smallest absolute Gasteiger partial charge is 0.370 e. The van der Waals surface area contributed by atoms with Gasteiger partial charge < -0.3 is 4.90 Å². The highest BCUT2D eigenvalue weighted by molar-refractivity contribution is 5.92. The van der Waals surface area contributed by atoms with Crippen LogP contribution >= 0.6 is 0 Å². The number of H-pyrrole nitrogens is 1. The number of halogens is 3. The van der Waals surface area contributed by atoms with Crippen molar-refractivity contribution in [3.63, 3.8) is 0 Å². The van der Waals surface area contributed by atoms with E-state index in [1.807, 2.05) is 12.1 Å². The minimum Gasteiger partial charge on any atom is -0.370 e. The molecule has 1 aromatic carbocycles. The average Bonchev–Trinajstić information content (AvgIpc) is 3.15. The molecule has 0 saturated carbocycles. The second-order valence-electron chi connectivity index (χ2n) is 6.36. The summed E-state index contributed by atoms with van der Waals surface area (Å²) in [5.74, 6) is 0.342. The SMILES string of the molecule is FC(F)(F)c1ccc2c(N3CCCC(c4ccn[nH]4)C3)ccnc2c1. The number of nitrogens with one attached hydrogen (secondary N) is 1. The van der Waals surface area contributed by atoms with Crippen LogP contribution < -0.4 is 4.90 Å². The van der Waals surface area contributed by atoms with E-state index in [1.165, 1.54) is 6.07 Å². The van der Waals surface area contributed by atoms with Crippen LogP contribution in [0.1, 0.15) is 30.0 Å². The molecule has 0 radical (unpaired) electrons. The molecule has 1 unspecified atom stereocenters. The molecule has 1 aliphatic heterocycles. The van der Waals surface area contributed by atoms with Gasteiger partial charge in [-0.05, 0) is 37.1 Å². The van der Waals surface area contributed by atoms with Crippen LogP contribution in [0.3, 0.4) is 0 Å². The van der Waals surface area contributed by atoms with E-state index < -0.39 is 11.7 Å². The van der Waals surface area contributed by atoms with Gasteiger partial charge in [-0.2, -0.15) is 18.3 Å². The van der Waals surface area contributed by atoms with Crippen molar-refractivity contribution < 1.29 is 13.2 Å². The van der Waals surface area contributed by atoms with E-state index in [2.05, 4.69) is 20.1 Å². The Morgan fingerprint density at radius 3 is 2.76 bits per heavy atom. The third kappa shape index (κ3) is 3.06. The van der Waals surface area contributed by atoms with Gasteiger partial charge in [-0.15, -0.1) is 0 Å². The van der Waals surface area contributed by atoms with Gasteiger partial charge in [-0.25, -0.2) is 0 Å². The van der Waals surface area contributed by atoms with Crippen molar-refractivity contribution in [2.45, 2.75) is 24.9 Å². The summed E-state index contributed by atoms with van der Waals surface area (Å²) < 4.78 is 38.8. The maximum Gasteiger partial charge on any atom is 0.416 e. The molecule has 0 bridgehead atoms. The fourth-order valence-electron chi connectivity index (χ4n) is 3.53. The summed E-state index contributed by atoms with van der Waals surface area (Å²) in [6, 6.07) is 7.64. The number of alkyl halides is 3. The Kier molecular flexibility index (Phi) is 3.86. The molecule has 0 spiro atoms. The minimum atomic E-state index is -4.36. The number of fused-ring (bicyclic) bond motifs is 1. The third-order valence-electron chi connectivity index (χ3n) is 4.77. The number of piperidine rings is 1. The number of hydrogen-bond donors (Lipinski definition) is 1. The molecular weight excluding hydrogens is 329 g/mol. The predicted molar refractivity (Wildman–Crippen MR) is 89.5 cm³/mol. The van der Waals surface area contributed by atoms with Crippen molar-refractivity contribution in [1.29, 1.82) is 0 Å². The van der Waals surface area contributed by atoms with Crippen LogP contribution in [-0.4, -0.2) is 28.3 Å². The summed E-state index contributed by atoms with van der Waals surface area (Å²) in [6.45, 7) is 1.69. The maximum absolute atomic E-state index is 12.9. The molecule has 1 fully saturated rings. The zero-order valence-corrected chi connectivity index (χ0v) is 13.4. The number of pyridine rings is 1. The Morgan fingerprint density at radius 2 is 2.00 bits per heavy atom. The largest absolute Gasteiger partial charge is 0.416 e. The first-order valence-electron chi connectivity index (χ1n) is 8.22. The van der Waals surface area contributed by atoms with E-state index in [4.69, 9.17) is 0 Å². The number of rotatable bonds is 2. The molecule has 0 aliphatic carbocycles. The summed E-state index contributed by atoms with van der Waals surface area (Å²) in [5, 5.41) is 7.79. The first-order chi connectivity index (χ1) is 12.0. The van der Waals surface area contributed by atoms with Gasteiger partial charge in [0.25, 0.3) is 0 Å². The first-order valence-corrected chi connectivity index (χ1v) is 8.22. The summed E-state index contributed by atoms with van der Waals surface area (Å²) in [4.78, 5) is 6.37. The normalized spacial score (nSPS) is 18.7. The van der Waals surface area contributed by atoms with E-state index >= 15 is 0 Å². The molecule has 1 saturated heterocycles. The average molecular weight is 346 g/mol. The second-order valence-corrected chi connectivity index (χ2v) is 6.36. The lowest BCUT2D eigenvalue weighted by molar-refractivity contribution is -0.137. The van der Waals surface area contributed by atoms with Gasteiger partial charge in [0.1, 0.15) is 0 Å². The number of nitrogens with zero attached hydrogens (tertiary/aromatic N) is 3. The van der Waals surface area contributed by atoms with Crippen LogP contribution in [0.15, 0.2) is 42.7 Å². The van der Waals surface area contributed by atoms with E-state index in [-0.39, 0.29) is 0 Å². The number of aromatic nitrogens is 3. The molecule has 4 nitrogen and oxygen atoms in total. The zero-order chi connectivity index (χ0) is 17.4. The van der Waals surface area contributed by atoms with Gasteiger partial charge in [0.05, 0.1) is 11.1 Å². The summed E-state index contributed by atoms with van der Waals surface area (Å²) >= 11 is 0. The molecule has 1 aliphatic rings. The van der Waals surface area contributed by atoms with Crippen molar-refractivity contribution in [3.05, 3.63) is 54.0 Å². The topological polar surface area (TPSA) is 44.8 Å². The fraction of sp³-hybridized carbons (Fsp3) is 0.333. The molecule has 2 aromatic heterocycles. The summed E-state index contributed by atoms with van der Waals surface area (Å²) in [5.41, 5.74) is 1.74. The Labute approximate surface area is 142 Å². The van der Waals surface area contributed by atoms with Crippen molar-refractivity contribution in [3.8, 4) is 0 Å². The van der Waals surface area contributed by atoms with Crippen LogP contribution in [-0.2, 0) is 6.18 Å². The fourth-order valence-corrected chi connectivity index (χ4v) is 3.53. The standard InChI is InChI=1S/C18H17F3N4/c19-18(20,21)13-3-4-14-16(10-13)22-7-6-17(14)25-9-1-2-12(11-25)15-5-8-23-24-15/h3-8,10,12H,1-2,9,11H2,(H,23,24). The van der Waals surface area contributed by atoms with Crippen LogP contribution in [0.5, 0.6) is 0 Å². The van der Waals surface area contributed by atoms with E-state index in [0.29, 0.717) is 11.4 Å². The number of aromatic amines is 1. The lowest BCUT2D eigenvalue weighted by Crippen LogP contribution is -2.34. The highest BCUT2D eigenvalue weighted by Gasteiger charge is 2.31. The first kappa shape index (κ1) is 15.9. The molecule has 25 heavy (non-hydrogen) atoms. The van der Waals surface area contributed by atoms with Gasteiger partial charge in [-0.1, -0.05) is 6.07 Å². The maximum atomic E-state index is 12.9. The summed E-state index contributed by atoms with van der Waals surface area (Å²) in [6.07, 6.45) is 1.06. The van der Waals surface area contributed by atoms with Crippen LogP contribution in [0, 0.1) is 0 Å². The van der Waals surface area contributed by atoms with Gasteiger partial charge in [0, 0.05) is 48.2 Å². The van der Waals surface area contributed by atoms with Crippen molar-refractivity contribution >= 4 is 16.6 Å². The zero-order valence-electron chi connectivity index (χ0n) is 13.4. The lowest BCUT2D eigenvalue weighted by Gasteiger charge is -2.34. The molecule has 0 amide bonds. The monoisotopic (exact) mass is 346 g/mol. The highest BCUT2D eigenvalue weighted by atomic mass is 19.4. The van der Waals surface area contributed by atoms with Crippen molar-refractivity contribution in [2.24, 2.45) is 0 Å². The van der Waals surface area contributed by atoms with Crippen LogP contribution in [0.4, 0.5) is 18.9 Å². The van der Waals surface area contributed by atoms with Crippen LogP contribution in [0.25, 0.3) is 10.9 Å². The quantitative estimate of drug-likeness (QED) is 0.750. The Balaban J connectivity index is 1.69. The molecule has 1 N–H and O–H groups in total. The van der Waals surface area contributed by atoms with E-state index in [9.17, 15) is 13.2 Å². The van der Waals surface area contributed by atoms with Gasteiger partial charge in [-0.3, -0.25) is 10.1 Å². The number of anilines is 1. The third-order valence-corrected chi connectivity index (χ3v) is 4.77. The van der Waals surface area contributed by atoms with E-state index in [0.717, 1.165) is 54.8 Å². The molecule has 3 aromatic rings. The lowest BCUT2D eigenvalue weighted by atomic mass is 9.94. The van der Waals surface area contributed by atoms with Crippen molar-refractivity contribution in [2.75, 3.05) is 18.0 Å². The molecule has 3 heterocycles. The van der Waals surface area contributed by atoms with Crippen molar-refractivity contribution in [1.82, 2.24) is 15.2 Å². The Hall–Kier alpha value is -2.57. The molecule has 1 atom stereocenters. The van der Waals surface area contributed by atoms with Gasteiger partial charge in [0.15, 0.2) is 0 Å². The molecule has 130 valence electrons. The summed E-state index contributed by atoms with van der Waals surface area (Å²) in [7, 11) is 0. The van der Waals surface area contributed by atoms with Gasteiger partial charge in [0.2, 0.25) is 0 Å². The Bertz CT molecular complexity index is 874. The molecular formula is C18H17F3N4. The molecule has 4 rings (SSSR count). The number of hydrogen-bond acceptors (Lipinski definition) is 3. The Morgan fingerprint density at radius 1 is 1.12 bits per heavy atom. The van der Waals surface area contributed by atoms with Gasteiger partial charge >= 0.3 is 6.18 Å². The van der Waals surface area contributed by atoms with Crippen LogP contribution in [0.2, 0.25) is 0 Å². The predicted octanol–water partition coefficient (Wildman–Crippen LogP) is 4.36. The minimum absolute atomic E-state index is 0.342. The molecule has 7 heteroatoms. The second kappa shape index (κ2) is 6.06. The number of benzene rings is 1. The van der Waals surface area contributed by atoms with E-state index in [1.54, 1.807) is 12.4 Å². The highest BCUT2D eigenvalue weighted by Crippen LogP contribution is 2.35.